The summed E-state index contributed by atoms with van der Waals surface area (Å²) in [6.45, 7) is 6.17. The molecule has 1 aromatic carbocycles. The van der Waals surface area contributed by atoms with E-state index < -0.39 is 0 Å². The first kappa shape index (κ1) is 15.0. The molecule has 1 aromatic rings. The summed E-state index contributed by atoms with van der Waals surface area (Å²) in [4.78, 5) is 14.3. The van der Waals surface area contributed by atoms with E-state index in [1.165, 1.54) is 12.8 Å². The van der Waals surface area contributed by atoms with Crippen molar-refractivity contribution in [1.82, 2.24) is 10.2 Å². The summed E-state index contributed by atoms with van der Waals surface area (Å²) in [5.41, 5.74) is 0.873. The number of carbonyl (C=O) groups excluding carboxylic acids is 1. The van der Waals surface area contributed by atoms with E-state index in [0.29, 0.717) is 12.5 Å². The predicted molar refractivity (Wildman–Crippen MR) is 82.8 cm³/mol. The van der Waals surface area contributed by atoms with Crippen LogP contribution in [-0.2, 0) is 4.79 Å². The molecule has 0 radical (unpaired) electrons. The SMILES string of the molecule is CCN(CCC(=O)Nc1ccccc1)CC1CCCN1. The zero-order valence-electron chi connectivity index (χ0n) is 12.3. The molecule has 20 heavy (non-hydrogen) atoms. The van der Waals surface area contributed by atoms with Crippen molar-refractivity contribution in [3.8, 4) is 0 Å². The van der Waals surface area contributed by atoms with E-state index in [0.717, 1.165) is 31.9 Å². The first-order valence-electron chi connectivity index (χ1n) is 7.58. The van der Waals surface area contributed by atoms with E-state index in [2.05, 4.69) is 22.5 Å². The number of carbonyl (C=O) groups is 1. The third-order valence-corrected chi connectivity index (χ3v) is 3.80. The van der Waals surface area contributed by atoms with Gasteiger partial charge < -0.3 is 15.5 Å². The highest BCUT2D eigenvalue weighted by atomic mass is 16.1. The van der Waals surface area contributed by atoms with Crippen molar-refractivity contribution < 1.29 is 4.79 Å². The highest BCUT2D eigenvalue weighted by Crippen LogP contribution is 2.08. The number of rotatable bonds is 7. The van der Waals surface area contributed by atoms with Crippen molar-refractivity contribution in [1.29, 1.82) is 0 Å². The Hall–Kier alpha value is -1.39. The maximum atomic E-state index is 11.9. The van der Waals surface area contributed by atoms with Crippen LogP contribution in [0, 0.1) is 0 Å². The van der Waals surface area contributed by atoms with Crippen molar-refractivity contribution in [2.24, 2.45) is 0 Å². The molecule has 0 bridgehead atoms. The van der Waals surface area contributed by atoms with Crippen LogP contribution in [0.5, 0.6) is 0 Å². The van der Waals surface area contributed by atoms with Crippen molar-refractivity contribution in [2.45, 2.75) is 32.2 Å². The minimum atomic E-state index is 0.0917. The highest BCUT2D eigenvalue weighted by Gasteiger charge is 2.17. The summed E-state index contributed by atoms with van der Waals surface area (Å²) in [5, 5.41) is 6.44. The van der Waals surface area contributed by atoms with Crippen LogP contribution < -0.4 is 10.6 Å². The summed E-state index contributed by atoms with van der Waals surface area (Å²) < 4.78 is 0. The Morgan fingerprint density at radius 2 is 2.20 bits per heavy atom. The Labute approximate surface area is 121 Å². The standard InChI is InChI=1S/C16H25N3O/c1-2-19(13-15-9-6-11-17-15)12-10-16(20)18-14-7-4-3-5-8-14/h3-5,7-8,15,17H,2,6,9-13H2,1H3,(H,18,20). The monoisotopic (exact) mass is 275 g/mol. The van der Waals surface area contributed by atoms with Crippen LogP contribution in [0.3, 0.4) is 0 Å². The first-order valence-corrected chi connectivity index (χ1v) is 7.58. The lowest BCUT2D eigenvalue weighted by Crippen LogP contribution is -2.38. The lowest BCUT2D eigenvalue weighted by Gasteiger charge is -2.23. The number of nitrogens with one attached hydrogen (secondary N) is 2. The van der Waals surface area contributed by atoms with Crippen LogP contribution in [0.4, 0.5) is 5.69 Å². The van der Waals surface area contributed by atoms with Gasteiger partial charge in [0, 0.05) is 31.2 Å². The molecule has 110 valence electrons. The van der Waals surface area contributed by atoms with Gasteiger partial charge in [0.2, 0.25) is 5.91 Å². The Balaban J connectivity index is 1.70. The molecule has 1 aliphatic rings. The fourth-order valence-electron chi connectivity index (χ4n) is 2.61. The van der Waals surface area contributed by atoms with E-state index in [1.807, 2.05) is 30.3 Å². The second kappa shape index (κ2) is 8.02. The molecule has 2 N–H and O–H groups in total. The van der Waals surface area contributed by atoms with Gasteiger partial charge in [-0.05, 0) is 38.1 Å². The number of hydrogen-bond acceptors (Lipinski definition) is 3. The van der Waals surface area contributed by atoms with Gasteiger partial charge in [0.1, 0.15) is 0 Å². The number of anilines is 1. The molecule has 4 heteroatoms. The minimum Gasteiger partial charge on any atom is -0.326 e. The maximum absolute atomic E-state index is 11.9. The normalized spacial score (nSPS) is 18.4. The molecule has 1 heterocycles. The van der Waals surface area contributed by atoms with Crippen LogP contribution in [-0.4, -0.2) is 43.0 Å². The molecule has 0 aliphatic carbocycles. The van der Waals surface area contributed by atoms with Crippen LogP contribution in [0.2, 0.25) is 0 Å². The Morgan fingerprint density at radius 1 is 1.40 bits per heavy atom. The lowest BCUT2D eigenvalue weighted by molar-refractivity contribution is -0.116. The van der Waals surface area contributed by atoms with E-state index in [4.69, 9.17) is 0 Å². The topological polar surface area (TPSA) is 44.4 Å². The van der Waals surface area contributed by atoms with Gasteiger partial charge in [0.25, 0.3) is 0 Å². The van der Waals surface area contributed by atoms with Crippen molar-refractivity contribution in [3.05, 3.63) is 30.3 Å². The lowest BCUT2D eigenvalue weighted by atomic mass is 10.2. The summed E-state index contributed by atoms with van der Waals surface area (Å²) >= 11 is 0. The van der Waals surface area contributed by atoms with Gasteiger partial charge in [0.05, 0.1) is 0 Å². The smallest absolute Gasteiger partial charge is 0.225 e. The van der Waals surface area contributed by atoms with Gasteiger partial charge in [0.15, 0.2) is 0 Å². The van der Waals surface area contributed by atoms with Crippen LogP contribution in [0.15, 0.2) is 30.3 Å². The third-order valence-electron chi connectivity index (χ3n) is 3.80. The van der Waals surface area contributed by atoms with Gasteiger partial charge >= 0.3 is 0 Å². The second-order valence-electron chi connectivity index (χ2n) is 5.35. The highest BCUT2D eigenvalue weighted by molar-refractivity contribution is 5.90. The molecule has 1 fully saturated rings. The molecule has 1 aliphatic heterocycles. The zero-order chi connectivity index (χ0) is 14.2. The molecule has 1 atom stereocenters. The Bertz CT molecular complexity index is 401. The summed E-state index contributed by atoms with van der Waals surface area (Å²) in [5.74, 6) is 0.0917. The third kappa shape index (κ3) is 4.94. The second-order valence-corrected chi connectivity index (χ2v) is 5.35. The predicted octanol–water partition coefficient (Wildman–Crippen LogP) is 2.09. The van der Waals surface area contributed by atoms with E-state index >= 15 is 0 Å². The molecular formula is C16H25N3O. The maximum Gasteiger partial charge on any atom is 0.225 e. The number of hydrogen-bond donors (Lipinski definition) is 2. The van der Waals surface area contributed by atoms with Gasteiger partial charge in [-0.3, -0.25) is 4.79 Å². The van der Waals surface area contributed by atoms with E-state index in [-0.39, 0.29) is 5.91 Å². The van der Waals surface area contributed by atoms with Gasteiger partial charge in [-0.15, -0.1) is 0 Å². The molecular weight excluding hydrogens is 250 g/mol. The van der Waals surface area contributed by atoms with Crippen molar-refractivity contribution >= 4 is 11.6 Å². The van der Waals surface area contributed by atoms with E-state index in [9.17, 15) is 4.79 Å². The van der Waals surface area contributed by atoms with Gasteiger partial charge in [-0.2, -0.15) is 0 Å². The average molecular weight is 275 g/mol. The minimum absolute atomic E-state index is 0.0917. The fourth-order valence-corrected chi connectivity index (χ4v) is 2.61. The number of nitrogens with zero attached hydrogens (tertiary/aromatic N) is 1. The Kier molecular flexibility index (Phi) is 6.02. The molecule has 0 spiro atoms. The number of amides is 1. The van der Waals surface area contributed by atoms with Crippen molar-refractivity contribution in [3.63, 3.8) is 0 Å². The van der Waals surface area contributed by atoms with E-state index in [1.54, 1.807) is 0 Å². The number of benzene rings is 1. The van der Waals surface area contributed by atoms with Gasteiger partial charge in [-0.25, -0.2) is 0 Å². The largest absolute Gasteiger partial charge is 0.326 e. The summed E-state index contributed by atoms with van der Waals surface area (Å²) in [7, 11) is 0. The first-order chi connectivity index (χ1) is 9.78. The fraction of sp³-hybridized carbons (Fsp3) is 0.562. The summed E-state index contributed by atoms with van der Waals surface area (Å²) in [6.07, 6.45) is 3.08. The van der Waals surface area contributed by atoms with Crippen LogP contribution >= 0.6 is 0 Å². The number of para-hydroxylation sites is 1. The number of likely N-dealkylation sites (N-methyl/N-ethyl adjacent to an activating group) is 1. The zero-order valence-corrected chi connectivity index (χ0v) is 12.3. The quantitative estimate of drug-likeness (QED) is 0.801. The molecule has 2 rings (SSSR count). The molecule has 1 saturated heterocycles. The molecule has 0 aromatic heterocycles. The van der Waals surface area contributed by atoms with Crippen molar-refractivity contribution in [2.75, 3.05) is 31.5 Å². The molecule has 1 amide bonds. The van der Waals surface area contributed by atoms with Crippen LogP contribution in [0.25, 0.3) is 0 Å². The molecule has 1 unspecified atom stereocenters. The molecule has 4 nitrogen and oxygen atoms in total. The average Bonchev–Trinajstić information content (AvgIpc) is 2.97. The Morgan fingerprint density at radius 3 is 2.85 bits per heavy atom. The van der Waals surface area contributed by atoms with Crippen LogP contribution in [0.1, 0.15) is 26.2 Å². The molecule has 0 saturated carbocycles. The van der Waals surface area contributed by atoms with Gasteiger partial charge in [-0.1, -0.05) is 25.1 Å². The summed E-state index contributed by atoms with van der Waals surface area (Å²) in [6, 6.07) is 10.2.